The van der Waals surface area contributed by atoms with Crippen LogP contribution < -0.4 is 9.47 Å². The van der Waals surface area contributed by atoms with Gasteiger partial charge in [-0.05, 0) is 57.7 Å². The Balaban J connectivity index is 1.49. The Bertz CT molecular complexity index is 967. The standard InChI is InChI=1S/C24H27ClFNO4/c1-24(2,3)31-23(28)27-11-9-15(10-12-27)17-5-4-6-20-22(17)30-21(14-29-20)18-8-7-16(25)13-19(18)26/h4-8,13,15,21H,9-12,14H2,1-3H3. The number of rotatable bonds is 2. The fourth-order valence-corrected chi connectivity index (χ4v) is 4.21. The number of carbonyl (C=O) groups is 1. The van der Waals surface area contributed by atoms with Crippen LogP contribution in [0.4, 0.5) is 9.18 Å². The zero-order valence-corrected chi connectivity index (χ0v) is 18.7. The summed E-state index contributed by atoms with van der Waals surface area (Å²) in [6.07, 6.45) is 0.754. The van der Waals surface area contributed by atoms with Crippen molar-refractivity contribution in [3.8, 4) is 11.5 Å². The van der Waals surface area contributed by atoms with Crippen LogP contribution >= 0.6 is 11.6 Å². The maximum atomic E-state index is 14.4. The van der Waals surface area contributed by atoms with Gasteiger partial charge in [0.1, 0.15) is 18.0 Å². The number of ether oxygens (including phenoxy) is 3. The first-order valence-electron chi connectivity index (χ1n) is 10.6. The van der Waals surface area contributed by atoms with E-state index in [0.29, 0.717) is 35.2 Å². The lowest BCUT2D eigenvalue weighted by Gasteiger charge is -2.35. The summed E-state index contributed by atoms with van der Waals surface area (Å²) in [7, 11) is 0. The van der Waals surface area contributed by atoms with Crippen molar-refractivity contribution in [2.75, 3.05) is 19.7 Å². The molecule has 166 valence electrons. The summed E-state index contributed by atoms with van der Waals surface area (Å²) >= 11 is 5.88. The third-order valence-electron chi connectivity index (χ3n) is 5.56. The summed E-state index contributed by atoms with van der Waals surface area (Å²) in [4.78, 5) is 14.1. The predicted octanol–water partition coefficient (Wildman–Crippen LogP) is 6.11. The van der Waals surface area contributed by atoms with Gasteiger partial charge in [0, 0.05) is 29.2 Å². The molecule has 1 atom stereocenters. The van der Waals surface area contributed by atoms with Gasteiger partial charge in [-0.2, -0.15) is 0 Å². The van der Waals surface area contributed by atoms with E-state index in [0.717, 1.165) is 18.4 Å². The molecule has 0 N–H and O–H groups in total. The number of halogens is 2. The molecule has 0 radical (unpaired) electrons. The van der Waals surface area contributed by atoms with E-state index >= 15 is 0 Å². The molecule has 2 aliphatic heterocycles. The monoisotopic (exact) mass is 447 g/mol. The molecule has 0 saturated carbocycles. The fraction of sp³-hybridized carbons (Fsp3) is 0.458. The molecule has 5 nitrogen and oxygen atoms in total. The van der Waals surface area contributed by atoms with Crippen LogP contribution in [0.25, 0.3) is 0 Å². The number of para-hydroxylation sites is 1. The first kappa shape index (κ1) is 21.8. The van der Waals surface area contributed by atoms with Crippen LogP contribution in [-0.4, -0.2) is 36.3 Å². The molecule has 2 aliphatic rings. The maximum absolute atomic E-state index is 14.4. The van der Waals surface area contributed by atoms with Crippen LogP contribution in [0.5, 0.6) is 11.5 Å². The van der Waals surface area contributed by atoms with E-state index in [2.05, 4.69) is 0 Å². The molecular formula is C24H27ClFNO4. The van der Waals surface area contributed by atoms with Crippen LogP contribution in [-0.2, 0) is 4.74 Å². The van der Waals surface area contributed by atoms with Gasteiger partial charge in [-0.1, -0.05) is 29.8 Å². The molecule has 2 heterocycles. The molecular weight excluding hydrogens is 421 g/mol. The summed E-state index contributed by atoms with van der Waals surface area (Å²) in [5.74, 6) is 1.13. The van der Waals surface area contributed by atoms with Crippen molar-refractivity contribution in [2.45, 2.75) is 51.2 Å². The van der Waals surface area contributed by atoms with Gasteiger partial charge in [0.2, 0.25) is 0 Å². The molecule has 1 unspecified atom stereocenters. The number of hydrogen-bond acceptors (Lipinski definition) is 4. The lowest BCUT2D eigenvalue weighted by Crippen LogP contribution is -2.41. The van der Waals surface area contributed by atoms with Gasteiger partial charge in [-0.15, -0.1) is 0 Å². The number of piperidine rings is 1. The minimum Gasteiger partial charge on any atom is -0.485 e. The Morgan fingerprint density at radius 2 is 1.90 bits per heavy atom. The fourth-order valence-electron chi connectivity index (χ4n) is 4.05. The van der Waals surface area contributed by atoms with Crippen molar-refractivity contribution >= 4 is 17.7 Å². The van der Waals surface area contributed by atoms with E-state index < -0.39 is 17.5 Å². The van der Waals surface area contributed by atoms with E-state index in [4.69, 9.17) is 25.8 Å². The van der Waals surface area contributed by atoms with Crippen LogP contribution in [0, 0.1) is 5.82 Å². The molecule has 7 heteroatoms. The first-order chi connectivity index (χ1) is 14.7. The first-order valence-corrected chi connectivity index (χ1v) is 10.9. The molecule has 2 aromatic carbocycles. The van der Waals surface area contributed by atoms with Gasteiger partial charge in [-0.25, -0.2) is 9.18 Å². The molecule has 4 rings (SSSR count). The number of nitrogens with zero attached hydrogens (tertiary/aromatic N) is 1. The lowest BCUT2D eigenvalue weighted by molar-refractivity contribution is 0.0203. The average Bonchev–Trinajstić information content (AvgIpc) is 2.72. The highest BCUT2D eigenvalue weighted by Gasteiger charge is 2.32. The quantitative estimate of drug-likeness (QED) is 0.557. The summed E-state index contributed by atoms with van der Waals surface area (Å²) < 4.78 is 32.1. The van der Waals surface area contributed by atoms with Gasteiger partial charge in [0.25, 0.3) is 0 Å². The number of fused-ring (bicyclic) bond motifs is 1. The second-order valence-corrected chi connectivity index (χ2v) is 9.44. The highest BCUT2D eigenvalue weighted by molar-refractivity contribution is 6.30. The van der Waals surface area contributed by atoms with Gasteiger partial charge in [0.15, 0.2) is 17.6 Å². The van der Waals surface area contributed by atoms with Crippen molar-refractivity contribution in [1.29, 1.82) is 0 Å². The number of benzene rings is 2. The zero-order chi connectivity index (χ0) is 22.2. The van der Waals surface area contributed by atoms with Crippen molar-refractivity contribution in [1.82, 2.24) is 4.90 Å². The average molecular weight is 448 g/mol. The predicted molar refractivity (Wildman–Crippen MR) is 116 cm³/mol. The Hall–Kier alpha value is -2.47. The largest absolute Gasteiger partial charge is 0.485 e. The number of carbonyl (C=O) groups excluding carboxylic acids is 1. The SMILES string of the molecule is CC(C)(C)OC(=O)N1CCC(c2cccc3c2OC(c2ccc(Cl)cc2F)CO3)CC1. The van der Waals surface area contributed by atoms with Gasteiger partial charge in [0.05, 0.1) is 0 Å². The van der Waals surface area contributed by atoms with Crippen LogP contribution in [0.1, 0.15) is 56.8 Å². The molecule has 2 aromatic rings. The second kappa shape index (κ2) is 8.58. The smallest absolute Gasteiger partial charge is 0.410 e. The molecule has 0 aromatic heterocycles. The second-order valence-electron chi connectivity index (χ2n) is 9.00. The normalized spacial score (nSPS) is 19.3. The molecule has 0 spiro atoms. The van der Waals surface area contributed by atoms with Crippen molar-refractivity contribution in [2.24, 2.45) is 0 Å². The number of likely N-dealkylation sites (tertiary alicyclic amines) is 1. The van der Waals surface area contributed by atoms with E-state index in [1.165, 1.54) is 6.07 Å². The van der Waals surface area contributed by atoms with Crippen LogP contribution in [0.2, 0.25) is 5.02 Å². The Kier molecular flexibility index (Phi) is 6.02. The van der Waals surface area contributed by atoms with Gasteiger partial charge < -0.3 is 19.1 Å². The number of hydrogen-bond donors (Lipinski definition) is 0. The molecule has 1 fully saturated rings. The number of amides is 1. The Morgan fingerprint density at radius 1 is 1.16 bits per heavy atom. The summed E-state index contributed by atoms with van der Waals surface area (Å²) in [5, 5.41) is 0.343. The third-order valence-corrected chi connectivity index (χ3v) is 5.79. The van der Waals surface area contributed by atoms with E-state index in [1.54, 1.807) is 17.0 Å². The van der Waals surface area contributed by atoms with Crippen molar-refractivity contribution in [3.63, 3.8) is 0 Å². The molecule has 1 saturated heterocycles. The summed E-state index contributed by atoms with van der Waals surface area (Å²) in [6.45, 7) is 7.05. The minimum atomic E-state index is -0.548. The van der Waals surface area contributed by atoms with Crippen LogP contribution in [0.3, 0.4) is 0 Å². The molecule has 1 amide bonds. The summed E-state index contributed by atoms with van der Waals surface area (Å²) in [5.41, 5.74) is 0.939. The van der Waals surface area contributed by atoms with E-state index in [-0.39, 0.29) is 18.6 Å². The van der Waals surface area contributed by atoms with E-state index in [9.17, 15) is 9.18 Å². The minimum absolute atomic E-state index is 0.214. The van der Waals surface area contributed by atoms with Crippen molar-refractivity contribution < 1.29 is 23.4 Å². The van der Waals surface area contributed by atoms with Gasteiger partial charge in [-0.3, -0.25) is 0 Å². The maximum Gasteiger partial charge on any atom is 0.410 e. The lowest BCUT2D eigenvalue weighted by atomic mass is 9.88. The Labute approximate surface area is 187 Å². The van der Waals surface area contributed by atoms with E-state index in [1.807, 2.05) is 39.0 Å². The molecule has 0 bridgehead atoms. The molecule has 31 heavy (non-hydrogen) atoms. The van der Waals surface area contributed by atoms with Crippen molar-refractivity contribution in [3.05, 3.63) is 58.4 Å². The third kappa shape index (κ3) is 4.90. The topological polar surface area (TPSA) is 48.0 Å². The highest BCUT2D eigenvalue weighted by Crippen LogP contribution is 2.44. The summed E-state index contributed by atoms with van der Waals surface area (Å²) in [6, 6.07) is 10.4. The van der Waals surface area contributed by atoms with Crippen LogP contribution in [0.15, 0.2) is 36.4 Å². The van der Waals surface area contributed by atoms with Gasteiger partial charge >= 0.3 is 6.09 Å². The highest BCUT2D eigenvalue weighted by atomic mass is 35.5. The zero-order valence-electron chi connectivity index (χ0n) is 18.0. The Morgan fingerprint density at radius 3 is 2.58 bits per heavy atom. The molecule has 0 aliphatic carbocycles.